The molecule has 144 valence electrons. The number of rotatable bonds is 6. The first-order chi connectivity index (χ1) is 13.4. The number of carbonyl (C=O) groups is 1. The lowest BCUT2D eigenvalue weighted by molar-refractivity contribution is 0.102. The summed E-state index contributed by atoms with van der Waals surface area (Å²) in [6.07, 6.45) is 0.337. The van der Waals surface area contributed by atoms with Gasteiger partial charge in [-0.25, -0.2) is 0 Å². The third-order valence-electron chi connectivity index (χ3n) is 4.55. The van der Waals surface area contributed by atoms with Crippen LogP contribution in [0.3, 0.4) is 0 Å². The van der Waals surface area contributed by atoms with Crippen molar-refractivity contribution in [3.05, 3.63) is 83.9 Å². The minimum Gasteiger partial charge on any atom is -0.397 e. The first-order valence-corrected chi connectivity index (χ1v) is 11.1. The molecule has 0 heterocycles. The summed E-state index contributed by atoms with van der Waals surface area (Å²) in [5.41, 5.74) is 10.2. The highest BCUT2D eigenvalue weighted by Crippen LogP contribution is 2.43. The lowest BCUT2D eigenvalue weighted by Gasteiger charge is -2.12. The van der Waals surface area contributed by atoms with E-state index in [4.69, 9.17) is 5.73 Å². The Morgan fingerprint density at radius 3 is 2.32 bits per heavy atom. The molecule has 4 N–H and O–H groups in total. The topological polar surface area (TPSA) is 92.4 Å². The Balaban J connectivity index is 1.77. The van der Waals surface area contributed by atoms with Crippen LogP contribution in [0.4, 0.5) is 11.4 Å². The summed E-state index contributed by atoms with van der Waals surface area (Å²) >= 11 is 0. The Bertz CT molecular complexity index is 1020. The van der Waals surface area contributed by atoms with Crippen LogP contribution in [0.25, 0.3) is 11.1 Å². The average molecular weight is 394 g/mol. The summed E-state index contributed by atoms with van der Waals surface area (Å²) in [6.45, 7) is 1.69. The molecule has 0 saturated heterocycles. The van der Waals surface area contributed by atoms with Crippen molar-refractivity contribution in [1.82, 2.24) is 0 Å². The van der Waals surface area contributed by atoms with Crippen LogP contribution in [-0.4, -0.2) is 17.0 Å². The predicted molar refractivity (Wildman–Crippen MR) is 115 cm³/mol. The van der Waals surface area contributed by atoms with Crippen LogP contribution in [0.2, 0.25) is 0 Å². The first-order valence-electron chi connectivity index (χ1n) is 9.04. The number of carbonyl (C=O) groups excluding carboxylic acids is 1. The molecular formula is C22H23N2O3P. The van der Waals surface area contributed by atoms with Crippen molar-refractivity contribution in [1.29, 1.82) is 0 Å². The molecule has 1 amide bonds. The van der Waals surface area contributed by atoms with E-state index in [1.807, 2.05) is 42.5 Å². The van der Waals surface area contributed by atoms with Crippen LogP contribution < -0.4 is 11.1 Å². The number of hydrogen-bond donors (Lipinski definition) is 3. The monoisotopic (exact) mass is 394 g/mol. The smallest absolute Gasteiger partial charge is 0.255 e. The normalized spacial score (nSPS) is 12.9. The third kappa shape index (κ3) is 4.89. The molecule has 1 unspecified atom stereocenters. The van der Waals surface area contributed by atoms with Gasteiger partial charge in [-0.05, 0) is 41.0 Å². The quantitative estimate of drug-likeness (QED) is 0.406. The van der Waals surface area contributed by atoms with Crippen LogP contribution in [0, 0.1) is 0 Å². The number of nitrogens with two attached hydrogens (primary N) is 1. The highest BCUT2D eigenvalue weighted by molar-refractivity contribution is 7.57. The fraction of sp³-hybridized carbons (Fsp3) is 0.136. The number of amides is 1. The van der Waals surface area contributed by atoms with Gasteiger partial charge in [0.2, 0.25) is 7.37 Å². The Kier molecular flexibility index (Phi) is 5.98. The zero-order chi connectivity index (χ0) is 20.1. The van der Waals surface area contributed by atoms with Crippen LogP contribution >= 0.6 is 7.37 Å². The predicted octanol–water partition coefficient (Wildman–Crippen LogP) is 4.98. The maximum absolute atomic E-state index is 12.6. The molecular weight excluding hydrogens is 371 g/mol. The number of nitrogen functional groups attached to an aromatic ring is 1. The minimum atomic E-state index is -3.15. The van der Waals surface area contributed by atoms with Gasteiger partial charge in [-0.15, -0.1) is 0 Å². The molecule has 3 aromatic rings. The first kappa shape index (κ1) is 19.9. The molecule has 3 rings (SSSR count). The molecule has 0 aliphatic heterocycles. The highest BCUT2D eigenvalue weighted by atomic mass is 31.2. The molecule has 0 bridgehead atoms. The summed E-state index contributed by atoms with van der Waals surface area (Å²) in [6, 6.07) is 22.1. The van der Waals surface area contributed by atoms with Gasteiger partial charge < -0.3 is 15.9 Å². The SMILES string of the molecule is CCP(=O)(O)Cc1ccc(C(=O)Nc2cc(-c3ccccc3)ccc2N)cc1. The van der Waals surface area contributed by atoms with E-state index in [1.165, 1.54) is 0 Å². The van der Waals surface area contributed by atoms with Gasteiger partial charge in [-0.1, -0.05) is 55.5 Å². The van der Waals surface area contributed by atoms with Crippen LogP contribution in [-0.2, 0) is 10.7 Å². The zero-order valence-corrected chi connectivity index (χ0v) is 16.5. The van der Waals surface area contributed by atoms with E-state index in [-0.39, 0.29) is 18.2 Å². The highest BCUT2D eigenvalue weighted by Gasteiger charge is 2.16. The fourth-order valence-electron chi connectivity index (χ4n) is 2.83. The van der Waals surface area contributed by atoms with Crippen molar-refractivity contribution >= 4 is 24.7 Å². The number of nitrogens with one attached hydrogen (secondary N) is 1. The summed E-state index contributed by atoms with van der Waals surface area (Å²) < 4.78 is 11.9. The number of benzene rings is 3. The molecule has 1 atom stereocenters. The van der Waals surface area contributed by atoms with Gasteiger partial charge in [0.25, 0.3) is 5.91 Å². The summed E-state index contributed by atoms with van der Waals surface area (Å²) in [5, 5.41) is 2.85. The van der Waals surface area contributed by atoms with Crippen molar-refractivity contribution < 1.29 is 14.3 Å². The molecule has 0 aromatic heterocycles. The summed E-state index contributed by atoms with van der Waals surface area (Å²) in [5.74, 6) is -0.286. The minimum absolute atomic E-state index is 0.109. The van der Waals surface area contributed by atoms with Gasteiger partial charge in [0.05, 0.1) is 11.4 Å². The van der Waals surface area contributed by atoms with Gasteiger partial charge in [0.15, 0.2) is 0 Å². The van der Waals surface area contributed by atoms with E-state index >= 15 is 0 Å². The van der Waals surface area contributed by atoms with E-state index in [0.29, 0.717) is 16.9 Å². The van der Waals surface area contributed by atoms with Crippen molar-refractivity contribution in [2.24, 2.45) is 0 Å². The Morgan fingerprint density at radius 1 is 1.00 bits per heavy atom. The maximum Gasteiger partial charge on any atom is 0.255 e. The zero-order valence-electron chi connectivity index (χ0n) is 15.6. The lowest BCUT2D eigenvalue weighted by Crippen LogP contribution is -2.13. The molecule has 0 spiro atoms. The van der Waals surface area contributed by atoms with E-state index in [1.54, 1.807) is 37.3 Å². The van der Waals surface area contributed by atoms with Crippen molar-refractivity contribution in [3.8, 4) is 11.1 Å². The van der Waals surface area contributed by atoms with Crippen molar-refractivity contribution in [3.63, 3.8) is 0 Å². The van der Waals surface area contributed by atoms with Crippen LogP contribution in [0.5, 0.6) is 0 Å². The second-order valence-corrected chi connectivity index (χ2v) is 9.28. The largest absolute Gasteiger partial charge is 0.397 e. The Labute approximate surface area is 164 Å². The molecule has 28 heavy (non-hydrogen) atoms. The summed E-state index contributed by atoms with van der Waals surface area (Å²) in [4.78, 5) is 22.4. The second kappa shape index (κ2) is 8.42. The van der Waals surface area contributed by atoms with Crippen LogP contribution in [0.15, 0.2) is 72.8 Å². The number of hydrogen-bond acceptors (Lipinski definition) is 3. The molecule has 0 aliphatic carbocycles. The van der Waals surface area contributed by atoms with E-state index in [2.05, 4.69) is 5.32 Å². The lowest BCUT2D eigenvalue weighted by atomic mass is 10.0. The molecule has 0 fully saturated rings. The van der Waals surface area contributed by atoms with Crippen molar-refractivity contribution in [2.45, 2.75) is 13.1 Å². The van der Waals surface area contributed by atoms with E-state index in [0.717, 1.165) is 16.7 Å². The average Bonchev–Trinajstić information content (AvgIpc) is 2.70. The van der Waals surface area contributed by atoms with Gasteiger partial charge in [-0.3, -0.25) is 9.36 Å². The Morgan fingerprint density at radius 2 is 1.68 bits per heavy atom. The molecule has 5 nitrogen and oxygen atoms in total. The fourth-order valence-corrected chi connectivity index (χ4v) is 3.83. The standard InChI is InChI=1S/C22H23N2O3P/c1-2-28(26,27)15-16-8-10-18(11-9-16)22(25)24-21-14-19(12-13-20(21)23)17-6-4-3-5-7-17/h3-14H,2,15,23H2,1H3,(H,24,25)(H,26,27). The van der Waals surface area contributed by atoms with Gasteiger partial charge in [-0.2, -0.15) is 0 Å². The molecule has 0 saturated carbocycles. The Hall–Kier alpha value is -2.88. The van der Waals surface area contributed by atoms with Gasteiger partial charge in [0.1, 0.15) is 0 Å². The third-order valence-corrected chi connectivity index (χ3v) is 6.40. The van der Waals surface area contributed by atoms with E-state index in [9.17, 15) is 14.3 Å². The second-order valence-electron chi connectivity index (χ2n) is 6.64. The molecule has 3 aromatic carbocycles. The van der Waals surface area contributed by atoms with Crippen LogP contribution in [0.1, 0.15) is 22.8 Å². The number of anilines is 2. The molecule has 0 aliphatic rings. The van der Waals surface area contributed by atoms with Gasteiger partial charge in [0, 0.05) is 17.9 Å². The van der Waals surface area contributed by atoms with Crippen molar-refractivity contribution in [2.75, 3.05) is 17.2 Å². The summed E-state index contributed by atoms with van der Waals surface area (Å²) in [7, 11) is -3.15. The van der Waals surface area contributed by atoms with Gasteiger partial charge >= 0.3 is 0 Å². The maximum atomic E-state index is 12.6. The molecule has 6 heteroatoms. The van der Waals surface area contributed by atoms with E-state index < -0.39 is 7.37 Å². The molecule has 0 radical (unpaired) electrons.